The van der Waals surface area contributed by atoms with Crippen LogP contribution in [0.15, 0.2) is 36.7 Å². The maximum absolute atomic E-state index is 12.7. The van der Waals surface area contributed by atoms with Crippen LogP contribution in [0.4, 0.5) is 5.82 Å². The summed E-state index contributed by atoms with van der Waals surface area (Å²) in [4.78, 5) is 25.6. The Hall–Kier alpha value is -2.18. The number of benzene rings is 1. The second-order valence-corrected chi connectivity index (χ2v) is 7.41. The lowest BCUT2D eigenvalue weighted by atomic mass is 10.1. The molecule has 1 unspecified atom stereocenters. The number of ether oxygens (including phenoxy) is 1. The lowest BCUT2D eigenvalue weighted by molar-refractivity contribution is 0.0395. The van der Waals surface area contributed by atoms with Crippen LogP contribution in [0.3, 0.4) is 0 Å². The number of amides is 1. The van der Waals surface area contributed by atoms with Gasteiger partial charge in [-0.15, -0.1) is 0 Å². The highest BCUT2D eigenvalue weighted by Gasteiger charge is 2.25. The fourth-order valence-electron chi connectivity index (χ4n) is 3.61. The van der Waals surface area contributed by atoms with Gasteiger partial charge in [-0.2, -0.15) is 0 Å². The smallest absolute Gasteiger partial charge is 0.274 e. The highest BCUT2D eigenvalue weighted by molar-refractivity contribution is 6.30. The molecule has 0 N–H and O–H groups in total. The molecule has 1 amide bonds. The van der Waals surface area contributed by atoms with Crippen LogP contribution in [-0.4, -0.2) is 53.6 Å². The Morgan fingerprint density at radius 3 is 2.63 bits per heavy atom. The number of carbonyl (C=O) groups excluding carboxylic acids is 1. The maximum atomic E-state index is 12.7. The Labute approximate surface area is 164 Å². The van der Waals surface area contributed by atoms with E-state index < -0.39 is 0 Å². The van der Waals surface area contributed by atoms with Crippen molar-refractivity contribution in [2.45, 2.75) is 25.4 Å². The summed E-state index contributed by atoms with van der Waals surface area (Å²) in [6, 6.07) is 7.71. The van der Waals surface area contributed by atoms with Crippen molar-refractivity contribution >= 4 is 23.3 Å². The number of halogens is 1. The van der Waals surface area contributed by atoms with E-state index in [2.05, 4.69) is 14.9 Å². The van der Waals surface area contributed by atoms with Crippen LogP contribution < -0.4 is 4.90 Å². The van der Waals surface area contributed by atoms with Crippen molar-refractivity contribution in [3.8, 4) is 0 Å². The summed E-state index contributed by atoms with van der Waals surface area (Å²) in [5.74, 6) is 0.701. The summed E-state index contributed by atoms with van der Waals surface area (Å²) < 4.78 is 5.92. The quantitative estimate of drug-likeness (QED) is 0.809. The first kappa shape index (κ1) is 18.2. The van der Waals surface area contributed by atoms with E-state index in [1.807, 2.05) is 29.2 Å². The van der Waals surface area contributed by atoms with E-state index in [9.17, 15) is 4.79 Å². The molecule has 0 saturated carbocycles. The lowest BCUT2D eigenvalue weighted by Gasteiger charge is -2.34. The molecule has 3 heterocycles. The first-order valence-electron chi connectivity index (χ1n) is 9.44. The number of nitrogens with zero attached hydrogens (tertiary/aromatic N) is 4. The van der Waals surface area contributed by atoms with E-state index in [0.29, 0.717) is 23.9 Å². The molecule has 0 aliphatic carbocycles. The van der Waals surface area contributed by atoms with Gasteiger partial charge in [-0.05, 0) is 37.0 Å². The summed E-state index contributed by atoms with van der Waals surface area (Å²) in [7, 11) is 0. The average molecular weight is 387 g/mol. The van der Waals surface area contributed by atoms with Crippen LogP contribution in [0.1, 0.15) is 41.4 Å². The highest BCUT2D eigenvalue weighted by atomic mass is 35.5. The zero-order valence-electron chi connectivity index (χ0n) is 15.2. The van der Waals surface area contributed by atoms with E-state index in [-0.39, 0.29) is 12.0 Å². The zero-order valence-corrected chi connectivity index (χ0v) is 15.9. The molecule has 142 valence electrons. The number of aromatic nitrogens is 2. The van der Waals surface area contributed by atoms with E-state index >= 15 is 0 Å². The Balaban J connectivity index is 1.49. The van der Waals surface area contributed by atoms with E-state index in [0.717, 1.165) is 43.9 Å². The number of hydrogen-bond donors (Lipinski definition) is 0. The predicted molar refractivity (Wildman–Crippen MR) is 104 cm³/mol. The van der Waals surface area contributed by atoms with Gasteiger partial charge >= 0.3 is 0 Å². The second-order valence-electron chi connectivity index (χ2n) is 6.97. The fraction of sp³-hybridized carbons (Fsp3) is 0.450. The third kappa shape index (κ3) is 4.22. The van der Waals surface area contributed by atoms with E-state index in [4.69, 9.17) is 16.3 Å². The van der Waals surface area contributed by atoms with Crippen molar-refractivity contribution in [1.82, 2.24) is 14.9 Å². The Morgan fingerprint density at radius 2 is 1.85 bits per heavy atom. The largest absolute Gasteiger partial charge is 0.370 e. The molecule has 2 saturated heterocycles. The van der Waals surface area contributed by atoms with Crippen LogP contribution >= 0.6 is 11.6 Å². The summed E-state index contributed by atoms with van der Waals surface area (Å²) in [6.07, 6.45) is 6.54. The Kier molecular flexibility index (Phi) is 5.55. The van der Waals surface area contributed by atoms with E-state index in [1.54, 1.807) is 12.4 Å². The van der Waals surface area contributed by atoms with Gasteiger partial charge in [0.1, 0.15) is 17.6 Å². The summed E-state index contributed by atoms with van der Waals surface area (Å²) >= 11 is 5.98. The summed E-state index contributed by atoms with van der Waals surface area (Å²) in [5, 5.41) is 0.709. The molecule has 1 atom stereocenters. The minimum absolute atomic E-state index is 0.0217. The molecule has 2 fully saturated rings. The summed E-state index contributed by atoms with van der Waals surface area (Å²) in [5.41, 5.74) is 1.50. The van der Waals surface area contributed by atoms with Gasteiger partial charge in [0, 0.05) is 31.2 Å². The number of hydrogen-bond acceptors (Lipinski definition) is 5. The van der Waals surface area contributed by atoms with Crippen molar-refractivity contribution < 1.29 is 9.53 Å². The first-order chi connectivity index (χ1) is 13.2. The lowest BCUT2D eigenvalue weighted by Crippen LogP contribution is -2.40. The topological polar surface area (TPSA) is 58.6 Å². The fourth-order valence-corrected chi connectivity index (χ4v) is 3.73. The number of carbonyl (C=O) groups is 1. The molecular weight excluding hydrogens is 364 g/mol. The molecule has 0 bridgehead atoms. The predicted octanol–water partition coefficient (Wildman–Crippen LogP) is 3.33. The Morgan fingerprint density at radius 1 is 1.07 bits per heavy atom. The number of rotatable bonds is 3. The zero-order chi connectivity index (χ0) is 18.6. The molecule has 2 aromatic rings. The van der Waals surface area contributed by atoms with Crippen molar-refractivity contribution in [3.05, 3.63) is 52.9 Å². The van der Waals surface area contributed by atoms with Gasteiger partial charge in [0.15, 0.2) is 0 Å². The maximum Gasteiger partial charge on any atom is 0.274 e. The number of anilines is 1. The van der Waals surface area contributed by atoms with Crippen LogP contribution in [0, 0.1) is 0 Å². The van der Waals surface area contributed by atoms with E-state index in [1.165, 1.54) is 6.42 Å². The van der Waals surface area contributed by atoms with Crippen LogP contribution in [0.5, 0.6) is 0 Å². The molecule has 7 heteroatoms. The molecule has 2 aliphatic rings. The highest BCUT2D eigenvalue weighted by Crippen LogP contribution is 2.26. The second kappa shape index (κ2) is 8.23. The van der Waals surface area contributed by atoms with Crippen molar-refractivity contribution in [2.24, 2.45) is 0 Å². The molecule has 0 spiro atoms. The van der Waals surface area contributed by atoms with Crippen molar-refractivity contribution in [3.63, 3.8) is 0 Å². The molecule has 1 aromatic carbocycles. The number of likely N-dealkylation sites (tertiary alicyclic amines) is 1. The van der Waals surface area contributed by atoms with Gasteiger partial charge in [0.2, 0.25) is 0 Å². The molecule has 6 nitrogen and oxygen atoms in total. The standard InChI is InChI=1S/C20H23ClN4O2/c21-16-6-4-15(5-7-16)18-14-25(10-11-27-18)19-13-22-12-17(23-19)20(26)24-8-2-1-3-9-24/h4-7,12-13,18H,1-3,8-11,14H2. The minimum atomic E-state index is -0.0562. The molecule has 1 aromatic heterocycles. The molecule has 2 aliphatic heterocycles. The van der Waals surface area contributed by atoms with Gasteiger partial charge < -0.3 is 14.5 Å². The monoisotopic (exact) mass is 386 g/mol. The van der Waals surface area contributed by atoms with Crippen LogP contribution in [0.2, 0.25) is 5.02 Å². The van der Waals surface area contributed by atoms with Crippen molar-refractivity contribution in [2.75, 3.05) is 37.7 Å². The van der Waals surface area contributed by atoms with Crippen molar-refractivity contribution in [1.29, 1.82) is 0 Å². The summed E-state index contributed by atoms with van der Waals surface area (Å²) in [6.45, 7) is 3.60. The first-order valence-corrected chi connectivity index (χ1v) is 9.82. The SMILES string of the molecule is O=C(c1cncc(N2CCOC(c3ccc(Cl)cc3)C2)n1)N1CCCCC1. The minimum Gasteiger partial charge on any atom is -0.370 e. The van der Waals surface area contributed by atoms with Crippen LogP contribution in [0.25, 0.3) is 0 Å². The molecular formula is C20H23ClN4O2. The Bertz CT molecular complexity index is 793. The number of piperidine rings is 1. The number of morpholine rings is 1. The molecule has 0 radical (unpaired) electrons. The molecule has 27 heavy (non-hydrogen) atoms. The van der Waals surface area contributed by atoms with Crippen LogP contribution in [-0.2, 0) is 4.74 Å². The third-order valence-corrected chi connectivity index (χ3v) is 5.37. The van der Waals surface area contributed by atoms with Gasteiger partial charge in [0.05, 0.1) is 19.0 Å². The average Bonchev–Trinajstić information content (AvgIpc) is 2.74. The van der Waals surface area contributed by atoms with Gasteiger partial charge in [-0.3, -0.25) is 9.78 Å². The third-order valence-electron chi connectivity index (χ3n) is 5.12. The van der Waals surface area contributed by atoms with Gasteiger partial charge in [0.25, 0.3) is 5.91 Å². The normalized spacial score (nSPS) is 20.6. The van der Waals surface area contributed by atoms with Gasteiger partial charge in [-0.1, -0.05) is 23.7 Å². The van der Waals surface area contributed by atoms with Gasteiger partial charge in [-0.25, -0.2) is 4.98 Å². The molecule has 4 rings (SSSR count).